The molecule has 0 radical (unpaired) electrons. The van der Waals surface area contributed by atoms with Gasteiger partial charge in [-0.2, -0.15) is 0 Å². The van der Waals surface area contributed by atoms with E-state index >= 15 is 0 Å². The highest BCUT2D eigenvalue weighted by molar-refractivity contribution is 5.99. The summed E-state index contributed by atoms with van der Waals surface area (Å²) < 4.78 is 0. The minimum atomic E-state index is 0.0718. The Bertz CT molecular complexity index is 174. The first-order valence-corrected chi connectivity index (χ1v) is 2.97. The van der Waals surface area contributed by atoms with Crippen LogP contribution in [0.25, 0.3) is 0 Å². The number of aliphatic imine (C=N–C) groups is 1. The molecule has 1 unspecified atom stereocenters. The number of amides is 1. The molecule has 0 spiro atoms. The van der Waals surface area contributed by atoms with Crippen LogP contribution in [0.1, 0.15) is 20.8 Å². The van der Waals surface area contributed by atoms with Crippen LogP contribution in [0, 0.1) is 0 Å². The fourth-order valence-corrected chi connectivity index (χ4v) is 1.10. The van der Waals surface area contributed by atoms with Crippen molar-refractivity contribution >= 4 is 11.7 Å². The molecule has 0 N–H and O–H groups in total. The first-order chi connectivity index (χ1) is 4.13. The Balaban J connectivity index is 2.66. The zero-order chi connectivity index (χ0) is 7.02. The molecule has 1 aliphatic heterocycles. The van der Waals surface area contributed by atoms with Crippen molar-refractivity contribution in [2.24, 2.45) is 4.99 Å². The quantitative estimate of drug-likeness (QED) is 0.468. The number of amidine groups is 1. The summed E-state index contributed by atoms with van der Waals surface area (Å²) in [7, 11) is 0. The second-order valence-electron chi connectivity index (χ2n) is 2.20. The summed E-state index contributed by atoms with van der Waals surface area (Å²) in [5, 5.41) is 0. The fraction of sp³-hybridized carbons (Fsp3) is 0.667. The van der Waals surface area contributed by atoms with Crippen LogP contribution in [0.5, 0.6) is 0 Å². The Morgan fingerprint density at radius 1 is 1.78 bits per heavy atom. The third-order valence-electron chi connectivity index (χ3n) is 1.44. The number of rotatable bonds is 0. The molecule has 50 valence electrons. The van der Waals surface area contributed by atoms with E-state index in [0.29, 0.717) is 0 Å². The van der Waals surface area contributed by atoms with Crippen molar-refractivity contribution in [3.63, 3.8) is 0 Å². The summed E-state index contributed by atoms with van der Waals surface area (Å²) in [6.07, 6.45) is 0.0718. The van der Waals surface area contributed by atoms with Crippen molar-refractivity contribution in [2.75, 3.05) is 0 Å². The molecule has 1 aliphatic rings. The summed E-state index contributed by atoms with van der Waals surface area (Å²) in [6, 6.07) is 0. The van der Waals surface area contributed by atoms with Crippen LogP contribution < -0.4 is 0 Å². The van der Waals surface area contributed by atoms with Gasteiger partial charge < -0.3 is 0 Å². The molecule has 9 heavy (non-hydrogen) atoms. The van der Waals surface area contributed by atoms with Crippen LogP contribution in [0.4, 0.5) is 0 Å². The van der Waals surface area contributed by atoms with Crippen LogP contribution in [-0.4, -0.2) is 22.8 Å². The molecule has 0 saturated carbocycles. The van der Waals surface area contributed by atoms with Gasteiger partial charge >= 0.3 is 0 Å². The number of nitrogens with zero attached hydrogens (tertiary/aromatic N) is 2. The van der Waals surface area contributed by atoms with Crippen molar-refractivity contribution in [2.45, 2.75) is 26.9 Å². The monoisotopic (exact) mass is 126 g/mol. The standard InChI is InChI=1S/C6H10N2O/c1-4-7-5(2)8(4)6(3)9/h4H,1-3H3. The Hall–Kier alpha value is -0.860. The van der Waals surface area contributed by atoms with Crippen LogP contribution in [0.3, 0.4) is 0 Å². The topological polar surface area (TPSA) is 32.7 Å². The Morgan fingerprint density at radius 2 is 2.33 bits per heavy atom. The molecule has 0 fully saturated rings. The van der Waals surface area contributed by atoms with Gasteiger partial charge in [-0.3, -0.25) is 9.69 Å². The highest BCUT2D eigenvalue weighted by atomic mass is 16.2. The third kappa shape index (κ3) is 0.823. The lowest BCUT2D eigenvalue weighted by Gasteiger charge is -2.33. The van der Waals surface area contributed by atoms with Gasteiger partial charge in [-0.15, -0.1) is 0 Å². The third-order valence-corrected chi connectivity index (χ3v) is 1.44. The van der Waals surface area contributed by atoms with E-state index in [2.05, 4.69) is 4.99 Å². The molecule has 0 aliphatic carbocycles. The summed E-state index contributed by atoms with van der Waals surface area (Å²) >= 11 is 0. The lowest BCUT2D eigenvalue weighted by Crippen LogP contribution is -2.48. The molecule has 1 atom stereocenters. The van der Waals surface area contributed by atoms with Gasteiger partial charge in [0.25, 0.3) is 0 Å². The predicted octanol–water partition coefficient (Wildman–Crippen LogP) is 0.613. The fourth-order valence-electron chi connectivity index (χ4n) is 1.10. The molecule has 0 aromatic carbocycles. The van der Waals surface area contributed by atoms with E-state index in [1.165, 1.54) is 0 Å². The van der Waals surface area contributed by atoms with Gasteiger partial charge in [-0.05, 0) is 13.8 Å². The summed E-state index contributed by atoms with van der Waals surface area (Å²) in [5.41, 5.74) is 0. The van der Waals surface area contributed by atoms with Crippen LogP contribution >= 0.6 is 0 Å². The molecule has 3 nitrogen and oxygen atoms in total. The maximum Gasteiger partial charge on any atom is 0.226 e. The first-order valence-electron chi connectivity index (χ1n) is 2.97. The SMILES string of the molecule is CC(=O)N1C(C)=NC1C. The van der Waals surface area contributed by atoms with Gasteiger partial charge in [0.15, 0.2) is 0 Å². The van der Waals surface area contributed by atoms with Crippen molar-refractivity contribution in [3.05, 3.63) is 0 Å². The normalized spacial score (nSPS) is 25.0. The van der Waals surface area contributed by atoms with E-state index in [9.17, 15) is 4.79 Å². The summed E-state index contributed by atoms with van der Waals surface area (Å²) in [4.78, 5) is 16.4. The Labute approximate surface area is 54.4 Å². The molecular weight excluding hydrogens is 116 g/mol. The van der Waals surface area contributed by atoms with Crippen molar-refractivity contribution < 1.29 is 4.79 Å². The van der Waals surface area contributed by atoms with Gasteiger partial charge in [-0.25, -0.2) is 4.99 Å². The van der Waals surface area contributed by atoms with Gasteiger partial charge in [0.1, 0.15) is 12.0 Å². The molecule has 0 bridgehead atoms. The minimum Gasteiger partial charge on any atom is -0.278 e. The van der Waals surface area contributed by atoms with E-state index in [0.717, 1.165) is 5.84 Å². The van der Waals surface area contributed by atoms with E-state index in [1.807, 2.05) is 13.8 Å². The van der Waals surface area contributed by atoms with Crippen LogP contribution in [0.15, 0.2) is 4.99 Å². The average Bonchev–Trinajstić information content (AvgIpc) is 1.62. The number of hydrogen-bond acceptors (Lipinski definition) is 2. The second kappa shape index (κ2) is 1.83. The Morgan fingerprint density at radius 3 is 2.44 bits per heavy atom. The number of carbonyl (C=O) groups excluding carboxylic acids is 1. The van der Waals surface area contributed by atoms with Gasteiger partial charge in [0.05, 0.1) is 0 Å². The van der Waals surface area contributed by atoms with E-state index < -0.39 is 0 Å². The van der Waals surface area contributed by atoms with E-state index in [1.54, 1.807) is 11.8 Å². The van der Waals surface area contributed by atoms with Gasteiger partial charge in [0, 0.05) is 6.92 Å². The molecule has 1 amide bonds. The zero-order valence-electron chi connectivity index (χ0n) is 5.88. The molecule has 0 aromatic rings. The van der Waals surface area contributed by atoms with Crippen LogP contribution in [-0.2, 0) is 4.79 Å². The molecular formula is C6H10N2O. The number of carbonyl (C=O) groups is 1. The van der Waals surface area contributed by atoms with Gasteiger partial charge in [-0.1, -0.05) is 0 Å². The minimum absolute atomic E-state index is 0.0718. The average molecular weight is 126 g/mol. The maximum atomic E-state index is 10.7. The summed E-state index contributed by atoms with van der Waals surface area (Å²) in [6.45, 7) is 5.28. The molecule has 1 heterocycles. The lowest BCUT2D eigenvalue weighted by atomic mass is 10.3. The largest absolute Gasteiger partial charge is 0.278 e. The smallest absolute Gasteiger partial charge is 0.226 e. The lowest BCUT2D eigenvalue weighted by molar-refractivity contribution is -0.127. The first kappa shape index (κ1) is 6.26. The molecule has 3 heteroatoms. The molecule has 1 rings (SSSR count). The zero-order valence-corrected chi connectivity index (χ0v) is 5.88. The van der Waals surface area contributed by atoms with Gasteiger partial charge in [0.2, 0.25) is 5.91 Å². The van der Waals surface area contributed by atoms with E-state index in [4.69, 9.17) is 0 Å². The molecule has 0 aromatic heterocycles. The van der Waals surface area contributed by atoms with Crippen molar-refractivity contribution in [1.82, 2.24) is 4.90 Å². The second-order valence-corrected chi connectivity index (χ2v) is 2.20. The Kier molecular flexibility index (Phi) is 1.27. The van der Waals surface area contributed by atoms with E-state index in [-0.39, 0.29) is 12.1 Å². The van der Waals surface area contributed by atoms with Crippen molar-refractivity contribution in [1.29, 1.82) is 0 Å². The predicted molar refractivity (Wildman–Crippen MR) is 35.1 cm³/mol. The summed E-state index contributed by atoms with van der Waals surface area (Å²) in [5.74, 6) is 0.907. The van der Waals surface area contributed by atoms with Crippen molar-refractivity contribution in [3.8, 4) is 0 Å². The highest BCUT2D eigenvalue weighted by Crippen LogP contribution is 2.12. The van der Waals surface area contributed by atoms with Crippen LogP contribution in [0.2, 0.25) is 0 Å². The molecule has 0 saturated heterocycles. The number of hydrogen-bond donors (Lipinski definition) is 0. The maximum absolute atomic E-state index is 10.7. The highest BCUT2D eigenvalue weighted by Gasteiger charge is 2.26.